The van der Waals surface area contributed by atoms with Gasteiger partial charge in [0.25, 0.3) is 5.91 Å². The molecule has 0 atom stereocenters. The lowest BCUT2D eigenvalue weighted by atomic mass is 10.1. The molecule has 0 saturated carbocycles. The molecule has 2 aromatic carbocycles. The number of carbonyl (C=O) groups is 1. The van der Waals surface area contributed by atoms with Gasteiger partial charge in [-0.05, 0) is 24.3 Å². The second-order valence-corrected chi connectivity index (χ2v) is 7.27. The molecule has 3 aromatic rings. The van der Waals surface area contributed by atoms with Gasteiger partial charge in [0.15, 0.2) is 0 Å². The zero-order valence-corrected chi connectivity index (χ0v) is 17.3. The van der Waals surface area contributed by atoms with Crippen LogP contribution in [0.4, 0.5) is 5.69 Å². The van der Waals surface area contributed by atoms with E-state index in [1.54, 1.807) is 22.9 Å². The standard InChI is InChI=1S/C23H26N4O3/c1-25(16-18-15-24-27(17-18)19-6-5-7-20(14-19)29-2)23(28)21-8-3-4-9-22(21)26-10-12-30-13-11-26/h3-9,14-15,17H,10-13,16H2,1-2H3. The highest BCUT2D eigenvalue weighted by Gasteiger charge is 2.21. The normalized spacial score (nSPS) is 13.9. The molecule has 0 spiro atoms. The molecule has 0 N–H and O–H groups in total. The van der Waals surface area contributed by atoms with Crippen molar-refractivity contribution in [1.29, 1.82) is 0 Å². The van der Waals surface area contributed by atoms with Gasteiger partial charge >= 0.3 is 0 Å². The summed E-state index contributed by atoms with van der Waals surface area (Å²) in [6.07, 6.45) is 3.73. The van der Waals surface area contributed by atoms with Crippen LogP contribution >= 0.6 is 0 Å². The number of methoxy groups -OCH3 is 1. The number of amides is 1. The van der Waals surface area contributed by atoms with Gasteiger partial charge in [-0.25, -0.2) is 4.68 Å². The number of para-hydroxylation sites is 1. The van der Waals surface area contributed by atoms with Crippen LogP contribution in [0, 0.1) is 0 Å². The Kier molecular flexibility index (Phi) is 5.99. The van der Waals surface area contributed by atoms with Crippen molar-refractivity contribution in [2.24, 2.45) is 0 Å². The summed E-state index contributed by atoms with van der Waals surface area (Å²) in [6.45, 7) is 3.42. The molecule has 156 valence electrons. The van der Waals surface area contributed by atoms with E-state index < -0.39 is 0 Å². The van der Waals surface area contributed by atoms with Crippen molar-refractivity contribution < 1.29 is 14.3 Å². The zero-order valence-electron chi connectivity index (χ0n) is 17.3. The molecule has 4 rings (SSSR count). The third-order valence-corrected chi connectivity index (χ3v) is 5.21. The van der Waals surface area contributed by atoms with Crippen LogP contribution in [0.1, 0.15) is 15.9 Å². The van der Waals surface area contributed by atoms with Crippen molar-refractivity contribution in [2.45, 2.75) is 6.54 Å². The molecule has 7 heteroatoms. The number of benzene rings is 2. The summed E-state index contributed by atoms with van der Waals surface area (Å²) in [5.74, 6) is 0.766. The Hall–Kier alpha value is -3.32. The van der Waals surface area contributed by atoms with E-state index >= 15 is 0 Å². The maximum absolute atomic E-state index is 13.2. The highest BCUT2D eigenvalue weighted by Crippen LogP contribution is 2.23. The van der Waals surface area contributed by atoms with Crippen LogP contribution in [-0.4, -0.2) is 61.0 Å². The molecular weight excluding hydrogens is 380 g/mol. The highest BCUT2D eigenvalue weighted by atomic mass is 16.5. The second kappa shape index (κ2) is 9.00. The van der Waals surface area contributed by atoms with Gasteiger partial charge in [-0.2, -0.15) is 5.10 Å². The Morgan fingerprint density at radius 3 is 2.77 bits per heavy atom. The number of rotatable bonds is 6. The fourth-order valence-electron chi connectivity index (χ4n) is 3.62. The van der Waals surface area contributed by atoms with Crippen molar-refractivity contribution in [1.82, 2.24) is 14.7 Å². The zero-order chi connectivity index (χ0) is 20.9. The smallest absolute Gasteiger partial charge is 0.256 e. The second-order valence-electron chi connectivity index (χ2n) is 7.27. The van der Waals surface area contributed by atoms with E-state index in [-0.39, 0.29) is 5.91 Å². The summed E-state index contributed by atoms with van der Waals surface area (Å²) in [7, 11) is 3.46. The molecule has 1 saturated heterocycles. The summed E-state index contributed by atoms with van der Waals surface area (Å²) >= 11 is 0. The number of ether oxygens (including phenoxy) is 2. The topological polar surface area (TPSA) is 59.8 Å². The number of morpholine rings is 1. The fraction of sp³-hybridized carbons (Fsp3) is 0.304. The van der Waals surface area contributed by atoms with Crippen LogP contribution < -0.4 is 9.64 Å². The molecule has 1 aliphatic rings. The van der Waals surface area contributed by atoms with Crippen molar-refractivity contribution in [3.63, 3.8) is 0 Å². The Bertz CT molecular complexity index is 1010. The third kappa shape index (κ3) is 4.31. The molecule has 1 aliphatic heterocycles. The largest absolute Gasteiger partial charge is 0.497 e. The van der Waals surface area contributed by atoms with E-state index in [0.717, 1.165) is 35.8 Å². The number of hydrogen-bond acceptors (Lipinski definition) is 5. The maximum Gasteiger partial charge on any atom is 0.256 e. The van der Waals surface area contributed by atoms with E-state index in [9.17, 15) is 4.79 Å². The van der Waals surface area contributed by atoms with Crippen LogP contribution in [0.2, 0.25) is 0 Å². The van der Waals surface area contributed by atoms with Crippen LogP contribution in [0.3, 0.4) is 0 Å². The minimum absolute atomic E-state index is 0.00813. The minimum Gasteiger partial charge on any atom is -0.497 e. The average Bonchev–Trinajstić information content (AvgIpc) is 3.27. The first-order chi connectivity index (χ1) is 14.7. The van der Waals surface area contributed by atoms with Crippen LogP contribution in [-0.2, 0) is 11.3 Å². The Balaban J connectivity index is 1.49. The van der Waals surface area contributed by atoms with E-state index in [0.29, 0.717) is 25.3 Å². The summed E-state index contributed by atoms with van der Waals surface area (Å²) in [5.41, 5.74) is 3.54. The predicted octanol–water partition coefficient (Wildman–Crippen LogP) is 2.99. The Morgan fingerprint density at radius 1 is 1.17 bits per heavy atom. The van der Waals surface area contributed by atoms with Gasteiger partial charge in [0.2, 0.25) is 0 Å². The van der Waals surface area contributed by atoms with Gasteiger partial charge in [-0.15, -0.1) is 0 Å². The first-order valence-electron chi connectivity index (χ1n) is 10.0. The third-order valence-electron chi connectivity index (χ3n) is 5.21. The molecular formula is C23H26N4O3. The van der Waals surface area contributed by atoms with Crippen LogP contribution in [0.25, 0.3) is 5.69 Å². The van der Waals surface area contributed by atoms with Crippen molar-refractivity contribution in [2.75, 3.05) is 45.4 Å². The number of anilines is 1. The molecule has 2 heterocycles. The summed E-state index contributed by atoms with van der Waals surface area (Å²) in [5, 5.41) is 4.44. The van der Waals surface area contributed by atoms with Crippen LogP contribution in [0.5, 0.6) is 5.75 Å². The molecule has 0 radical (unpaired) electrons. The lowest BCUT2D eigenvalue weighted by molar-refractivity contribution is 0.0784. The van der Waals surface area contributed by atoms with Crippen LogP contribution in [0.15, 0.2) is 60.9 Å². The molecule has 1 amide bonds. The van der Waals surface area contributed by atoms with Gasteiger partial charge in [0.05, 0.1) is 37.8 Å². The van der Waals surface area contributed by atoms with E-state index in [4.69, 9.17) is 9.47 Å². The first-order valence-corrected chi connectivity index (χ1v) is 10.0. The SMILES string of the molecule is COc1cccc(-n2cc(CN(C)C(=O)c3ccccc3N3CCOCC3)cn2)c1. The number of aromatic nitrogens is 2. The average molecular weight is 406 g/mol. The van der Waals surface area contributed by atoms with Gasteiger partial charge in [-0.3, -0.25) is 4.79 Å². The van der Waals surface area contributed by atoms with E-state index in [2.05, 4.69) is 10.00 Å². The molecule has 0 unspecified atom stereocenters. The summed E-state index contributed by atoms with van der Waals surface area (Å²) in [6, 6.07) is 15.5. The first kappa shape index (κ1) is 20.0. The molecule has 1 fully saturated rings. The lowest BCUT2D eigenvalue weighted by Gasteiger charge is -2.31. The summed E-state index contributed by atoms with van der Waals surface area (Å²) in [4.78, 5) is 17.1. The van der Waals surface area contributed by atoms with E-state index in [1.807, 2.05) is 61.8 Å². The number of hydrogen-bond donors (Lipinski definition) is 0. The molecule has 0 bridgehead atoms. The lowest BCUT2D eigenvalue weighted by Crippen LogP contribution is -2.38. The van der Waals surface area contributed by atoms with Gasteiger partial charge in [0.1, 0.15) is 5.75 Å². The molecule has 1 aromatic heterocycles. The van der Waals surface area contributed by atoms with E-state index in [1.165, 1.54) is 0 Å². The monoisotopic (exact) mass is 406 g/mol. The van der Waals surface area contributed by atoms with Gasteiger partial charge in [-0.1, -0.05) is 18.2 Å². The Morgan fingerprint density at radius 2 is 1.97 bits per heavy atom. The van der Waals surface area contributed by atoms with Crippen molar-refractivity contribution in [3.05, 3.63) is 72.1 Å². The van der Waals surface area contributed by atoms with Gasteiger partial charge in [0, 0.05) is 50.2 Å². The molecule has 0 aliphatic carbocycles. The number of carbonyl (C=O) groups excluding carboxylic acids is 1. The molecule has 30 heavy (non-hydrogen) atoms. The minimum atomic E-state index is -0.00813. The molecule has 7 nitrogen and oxygen atoms in total. The highest BCUT2D eigenvalue weighted by molar-refractivity contribution is 5.99. The van der Waals surface area contributed by atoms with Crippen molar-refractivity contribution >= 4 is 11.6 Å². The fourth-order valence-corrected chi connectivity index (χ4v) is 3.62. The quantitative estimate of drug-likeness (QED) is 0.630. The summed E-state index contributed by atoms with van der Waals surface area (Å²) < 4.78 is 12.5. The number of nitrogens with zero attached hydrogens (tertiary/aromatic N) is 4. The van der Waals surface area contributed by atoms with Gasteiger partial charge < -0.3 is 19.3 Å². The van der Waals surface area contributed by atoms with Crippen molar-refractivity contribution in [3.8, 4) is 11.4 Å². The maximum atomic E-state index is 13.2. The Labute approximate surface area is 176 Å². The predicted molar refractivity (Wildman–Crippen MR) is 115 cm³/mol.